The van der Waals surface area contributed by atoms with Crippen LogP contribution in [0, 0.1) is 0 Å². The first kappa shape index (κ1) is 25.7. The molecule has 1 saturated heterocycles. The highest BCUT2D eigenvalue weighted by molar-refractivity contribution is 7.48. The minimum atomic E-state index is -5.00. The Kier molecular flexibility index (Phi) is 7.10. The molecule has 4 rings (SSSR count). The fraction of sp³-hybridized carbons (Fsp3) is 0.368. The number of nitrogens with two attached hydrogens (primary N) is 2. The van der Waals surface area contributed by atoms with Crippen LogP contribution in [0.1, 0.15) is 11.8 Å². The van der Waals surface area contributed by atoms with Gasteiger partial charge in [-0.25, -0.2) is 24.3 Å². The molecule has 0 bridgehead atoms. The predicted molar refractivity (Wildman–Crippen MR) is 119 cm³/mol. The third-order valence-corrected chi connectivity index (χ3v) is 6.29. The number of hydrogen-bond acceptors (Lipinski definition) is 14. The molecule has 6 atom stereocenters. The minimum Gasteiger partial charge on any atom is -0.504 e. The van der Waals surface area contributed by atoms with Gasteiger partial charge in [0.2, 0.25) is 0 Å². The zero-order chi connectivity index (χ0) is 26.2. The number of fused-ring (bicyclic) bond motifs is 1. The molecule has 6 unspecified atom stereocenters. The number of phenols is 2. The Morgan fingerprint density at radius 3 is 2.67 bits per heavy atom. The number of nitrogens with zero attached hydrogens (tertiary/aromatic N) is 4. The fourth-order valence-corrected chi connectivity index (χ4v) is 4.31. The predicted octanol–water partition coefficient (Wildman–Crippen LogP) is -1.33. The van der Waals surface area contributed by atoms with Gasteiger partial charge in [-0.1, -0.05) is 6.07 Å². The van der Waals surface area contributed by atoms with Crippen LogP contribution < -0.4 is 11.5 Å². The van der Waals surface area contributed by atoms with E-state index in [0.29, 0.717) is 5.56 Å². The quantitative estimate of drug-likeness (QED) is 0.132. The van der Waals surface area contributed by atoms with E-state index in [1.165, 1.54) is 35.4 Å². The van der Waals surface area contributed by atoms with Crippen molar-refractivity contribution in [3.63, 3.8) is 0 Å². The van der Waals surface area contributed by atoms with Crippen LogP contribution in [0.4, 0.5) is 5.82 Å². The highest BCUT2D eigenvalue weighted by Crippen LogP contribution is 2.45. The molecule has 17 heteroatoms. The van der Waals surface area contributed by atoms with Crippen molar-refractivity contribution in [2.24, 2.45) is 5.73 Å². The van der Waals surface area contributed by atoms with Gasteiger partial charge >= 0.3 is 13.8 Å². The van der Waals surface area contributed by atoms with E-state index in [1.807, 2.05) is 0 Å². The topological polar surface area (TPSA) is 259 Å². The second kappa shape index (κ2) is 9.94. The molecule has 0 aliphatic carbocycles. The summed E-state index contributed by atoms with van der Waals surface area (Å²) in [4.78, 5) is 34.0. The molecule has 1 aliphatic heterocycles. The van der Waals surface area contributed by atoms with Crippen LogP contribution in [0.15, 0.2) is 30.9 Å². The number of imidazole rings is 1. The first-order valence-electron chi connectivity index (χ1n) is 10.4. The van der Waals surface area contributed by atoms with E-state index >= 15 is 0 Å². The SMILES string of the molecule is Nc1ncnc2c1ncn2C1OC(COP(=O)(O)OC(=O)C(N)Cc2ccc(O)c(O)c2)C(O)C1O. The number of anilines is 1. The van der Waals surface area contributed by atoms with Gasteiger partial charge in [-0.2, -0.15) is 0 Å². The molecule has 3 aromatic rings. The zero-order valence-corrected chi connectivity index (χ0v) is 19.3. The number of aliphatic hydroxyl groups excluding tert-OH is 2. The van der Waals surface area contributed by atoms with E-state index in [-0.39, 0.29) is 29.2 Å². The lowest BCUT2D eigenvalue weighted by atomic mass is 10.1. The Morgan fingerprint density at radius 2 is 1.94 bits per heavy atom. The third kappa shape index (κ3) is 5.24. The van der Waals surface area contributed by atoms with Gasteiger partial charge in [0.05, 0.1) is 12.9 Å². The van der Waals surface area contributed by atoms with Crippen LogP contribution in [0.25, 0.3) is 11.2 Å². The van der Waals surface area contributed by atoms with Gasteiger partial charge in [0.15, 0.2) is 29.2 Å². The molecule has 0 radical (unpaired) electrons. The Bertz CT molecular complexity index is 1320. The van der Waals surface area contributed by atoms with Crippen molar-refractivity contribution in [3.05, 3.63) is 36.4 Å². The number of aromatic hydroxyl groups is 2. The van der Waals surface area contributed by atoms with Crippen molar-refractivity contribution in [3.8, 4) is 11.5 Å². The summed E-state index contributed by atoms with van der Waals surface area (Å²) in [5.74, 6) is -1.98. The molecule has 0 saturated carbocycles. The zero-order valence-electron chi connectivity index (χ0n) is 18.4. The average Bonchev–Trinajstić information content (AvgIpc) is 3.37. The van der Waals surface area contributed by atoms with Gasteiger partial charge in [0.1, 0.15) is 36.2 Å². The number of phosphoric ester groups is 1. The molecule has 2 aromatic heterocycles. The number of benzene rings is 1. The summed E-state index contributed by atoms with van der Waals surface area (Å²) in [5.41, 5.74) is 12.3. The normalized spacial score (nSPS) is 24.4. The number of carbonyl (C=O) groups excluding carboxylic acids is 1. The van der Waals surface area contributed by atoms with Crippen LogP contribution >= 0.6 is 7.82 Å². The molecule has 1 aliphatic rings. The maximum absolute atomic E-state index is 12.3. The molecule has 1 aromatic carbocycles. The van der Waals surface area contributed by atoms with Gasteiger partial charge in [-0.15, -0.1) is 0 Å². The van der Waals surface area contributed by atoms with Crippen molar-refractivity contribution in [2.45, 2.75) is 37.0 Å². The van der Waals surface area contributed by atoms with Gasteiger partial charge < -0.3 is 41.2 Å². The second-order valence-electron chi connectivity index (χ2n) is 7.94. The number of nitrogen functional groups attached to an aromatic ring is 1. The molecular formula is C19H23N6O10P. The lowest BCUT2D eigenvalue weighted by Gasteiger charge is -2.18. The van der Waals surface area contributed by atoms with E-state index in [9.17, 15) is 34.7 Å². The maximum Gasteiger partial charge on any atom is 0.529 e. The molecular weight excluding hydrogens is 503 g/mol. The van der Waals surface area contributed by atoms with E-state index < -0.39 is 56.7 Å². The number of carbonyl (C=O) groups is 1. The number of phosphoric acid groups is 1. The van der Waals surface area contributed by atoms with Gasteiger partial charge in [-0.3, -0.25) is 14.0 Å². The largest absolute Gasteiger partial charge is 0.529 e. The van der Waals surface area contributed by atoms with Crippen molar-refractivity contribution in [1.29, 1.82) is 0 Å². The molecule has 0 spiro atoms. The summed E-state index contributed by atoms with van der Waals surface area (Å²) >= 11 is 0. The van der Waals surface area contributed by atoms with E-state index in [4.69, 9.17) is 20.7 Å². The third-order valence-electron chi connectivity index (χ3n) is 5.40. The number of aromatic nitrogens is 4. The highest BCUT2D eigenvalue weighted by Gasteiger charge is 2.45. The lowest BCUT2D eigenvalue weighted by Crippen LogP contribution is -2.35. The van der Waals surface area contributed by atoms with Crippen molar-refractivity contribution >= 4 is 30.8 Å². The minimum absolute atomic E-state index is 0.0927. The summed E-state index contributed by atoms with van der Waals surface area (Å²) < 4.78 is 28.4. The molecule has 16 nitrogen and oxygen atoms in total. The van der Waals surface area contributed by atoms with Crippen molar-refractivity contribution in [1.82, 2.24) is 19.5 Å². The van der Waals surface area contributed by atoms with Crippen LogP contribution in [0.3, 0.4) is 0 Å². The number of hydrogen-bond donors (Lipinski definition) is 7. The molecule has 0 amide bonds. The second-order valence-corrected chi connectivity index (χ2v) is 9.32. The van der Waals surface area contributed by atoms with E-state index in [1.54, 1.807) is 0 Å². The summed E-state index contributed by atoms with van der Waals surface area (Å²) in [6, 6.07) is 2.34. The summed E-state index contributed by atoms with van der Waals surface area (Å²) in [7, 11) is -5.00. The summed E-state index contributed by atoms with van der Waals surface area (Å²) in [6.45, 7) is -0.736. The van der Waals surface area contributed by atoms with Crippen LogP contribution in [-0.2, 0) is 29.6 Å². The Hall–Kier alpha value is -3.37. The van der Waals surface area contributed by atoms with Crippen LogP contribution in [-0.4, -0.2) is 81.8 Å². The molecule has 36 heavy (non-hydrogen) atoms. The number of ether oxygens (including phenoxy) is 1. The Balaban J connectivity index is 1.35. The summed E-state index contributed by atoms with van der Waals surface area (Å²) in [5, 5.41) is 39.6. The smallest absolute Gasteiger partial charge is 0.504 e. The summed E-state index contributed by atoms with van der Waals surface area (Å²) in [6.07, 6.45) is -3.27. The molecule has 1 fully saturated rings. The number of phenolic OH excluding ortho intramolecular Hbond substituents is 2. The number of rotatable bonds is 8. The van der Waals surface area contributed by atoms with Gasteiger partial charge in [0.25, 0.3) is 0 Å². The first-order valence-corrected chi connectivity index (χ1v) is 11.9. The lowest BCUT2D eigenvalue weighted by molar-refractivity contribution is -0.137. The monoisotopic (exact) mass is 526 g/mol. The highest BCUT2D eigenvalue weighted by atomic mass is 31.2. The van der Waals surface area contributed by atoms with Crippen molar-refractivity contribution in [2.75, 3.05) is 12.3 Å². The molecule has 9 N–H and O–H groups in total. The van der Waals surface area contributed by atoms with Gasteiger partial charge in [0, 0.05) is 0 Å². The molecule has 3 heterocycles. The van der Waals surface area contributed by atoms with Crippen molar-refractivity contribution < 1.29 is 48.5 Å². The standard InChI is InChI=1S/C19H23N6O10P/c20-9(3-8-1-2-10(26)11(27)4-8)19(30)35-36(31,32)33-5-12-14(28)15(29)18(34-12)25-7-24-13-16(21)22-6-23-17(13)25/h1-2,4,6-7,9,12,14-15,18,26-29H,3,5,20H2,(H,31,32)(H2,21,22,23). The average molecular weight is 526 g/mol. The Labute approximate surface area is 202 Å². The number of aliphatic hydroxyl groups is 2. The molecule has 194 valence electrons. The first-order chi connectivity index (χ1) is 17.0. The van der Waals surface area contributed by atoms with Gasteiger partial charge in [-0.05, 0) is 24.1 Å². The van der Waals surface area contributed by atoms with Crippen LogP contribution in [0.5, 0.6) is 11.5 Å². The van der Waals surface area contributed by atoms with Crippen LogP contribution in [0.2, 0.25) is 0 Å². The van der Waals surface area contributed by atoms with E-state index in [0.717, 1.165) is 0 Å². The maximum atomic E-state index is 12.3. The van der Waals surface area contributed by atoms with E-state index in [2.05, 4.69) is 19.5 Å². The Morgan fingerprint density at radius 1 is 1.19 bits per heavy atom. The fourth-order valence-electron chi connectivity index (χ4n) is 3.56.